The van der Waals surface area contributed by atoms with E-state index in [9.17, 15) is 4.79 Å². The molecule has 0 atom stereocenters. The first-order valence-corrected chi connectivity index (χ1v) is 5.22. The van der Waals surface area contributed by atoms with Crippen molar-refractivity contribution in [3.8, 4) is 0 Å². The van der Waals surface area contributed by atoms with E-state index in [1.165, 1.54) is 0 Å². The van der Waals surface area contributed by atoms with Crippen LogP contribution in [0.4, 0.5) is 0 Å². The Morgan fingerprint density at radius 3 is 2.71 bits per heavy atom. The van der Waals surface area contributed by atoms with Crippen LogP contribution in [-0.2, 0) is 14.3 Å². The standard InChI is InChI=1S/C10H17NO3/c1-2-13-9(12)5-14-8-3-10(4-8)6-11-7-10/h8,11H,2-7H2,1H3. The van der Waals surface area contributed by atoms with Crippen LogP contribution in [0.3, 0.4) is 0 Å². The van der Waals surface area contributed by atoms with Gasteiger partial charge >= 0.3 is 5.97 Å². The SMILES string of the molecule is CCOC(=O)COC1CC2(CNC2)C1. The highest BCUT2D eigenvalue weighted by atomic mass is 16.6. The lowest BCUT2D eigenvalue weighted by molar-refractivity contribution is -0.159. The van der Waals surface area contributed by atoms with Gasteiger partial charge in [-0.05, 0) is 19.8 Å². The van der Waals surface area contributed by atoms with Gasteiger partial charge in [0.05, 0.1) is 12.7 Å². The Balaban J connectivity index is 1.57. The molecule has 2 fully saturated rings. The predicted octanol–water partition coefficient (Wildman–Crippen LogP) is 0.318. The van der Waals surface area contributed by atoms with Crippen molar-refractivity contribution in [2.24, 2.45) is 5.41 Å². The molecule has 14 heavy (non-hydrogen) atoms. The summed E-state index contributed by atoms with van der Waals surface area (Å²) >= 11 is 0. The van der Waals surface area contributed by atoms with Crippen molar-refractivity contribution in [1.29, 1.82) is 0 Å². The molecule has 2 rings (SSSR count). The van der Waals surface area contributed by atoms with E-state index >= 15 is 0 Å². The molecule has 1 aliphatic heterocycles. The largest absolute Gasteiger partial charge is 0.464 e. The van der Waals surface area contributed by atoms with Crippen molar-refractivity contribution in [2.75, 3.05) is 26.3 Å². The Bertz CT molecular complexity index is 217. The first-order valence-electron chi connectivity index (χ1n) is 5.22. The molecule has 1 saturated heterocycles. The highest BCUT2D eigenvalue weighted by Crippen LogP contribution is 2.45. The molecular weight excluding hydrogens is 182 g/mol. The van der Waals surface area contributed by atoms with E-state index in [0.29, 0.717) is 12.0 Å². The van der Waals surface area contributed by atoms with Crippen molar-refractivity contribution in [2.45, 2.75) is 25.9 Å². The molecule has 0 bridgehead atoms. The summed E-state index contributed by atoms with van der Waals surface area (Å²) in [4.78, 5) is 11.0. The highest BCUT2D eigenvalue weighted by molar-refractivity contribution is 5.70. The number of hydrogen-bond donors (Lipinski definition) is 1. The summed E-state index contributed by atoms with van der Waals surface area (Å²) in [5.41, 5.74) is 0.513. The maximum absolute atomic E-state index is 11.0. The predicted molar refractivity (Wildman–Crippen MR) is 50.9 cm³/mol. The molecule has 4 heteroatoms. The van der Waals surface area contributed by atoms with Crippen molar-refractivity contribution in [3.05, 3.63) is 0 Å². The topological polar surface area (TPSA) is 47.6 Å². The van der Waals surface area contributed by atoms with Gasteiger partial charge in [0.25, 0.3) is 0 Å². The van der Waals surface area contributed by atoms with Crippen LogP contribution in [0, 0.1) is 5.41 Å². The zero-order chi connectivity index (χ0) is 10.0. The Morgan fingerprint density at radius 1 is 1.50 bits per heavy atom. The van der Waals surface area contributed by atoms with Gasteiger partial charge in [-0.25, -0.2) is 4.79 Å². The summed E-state index contributed by atoms with van der Waals surface area (Å²) in [6.07, 6.45) is 2.47. The molecule has 0 aromatic rings. The molecule has 4 nitrogen and oxygen atoms in total. The van der Waals surface area contributed by atoms with Gasteiger partial charge in [0.15, 0.2) is 0 Å². The van der Waals surface area contributed by atoms with Crippen LogP contribution in [0.2, 0.25) is 0 Å². The van der Waals surface area contributed by atoms with Crippen molar-refractivity contribution in [3.63, 3.8) is 0 Å². The van der Waals surface area contributed by atoms with Gasteiger partial charge in [0.2, 0.25) is 0 Å². The second-order valence-electron chi connectivity index (χ2n) is 4.25. The molecule has 2 aliphatic rings. The Morgan fingerprint density at radius 2 is 2.21 bits per heavy atom. The number of ether oxygens (including phenoxy) is 2. The lowest BCUT2D eigenvalue weighted by Crippen LogP contribution is -2.62. The van der Waals surface area contributed by atoms with Crippen molar-refractivity contribution in [1.82, 2.24) is 5.32 Å². The number of esters is 1. The molecule has 0 aromatic carbocycles. The van der Waals surface area contributed by atoms with E-state index in [2.05, 4.69) is 5.32 Å². The Kier molecular flexibility index (Phi) is 2.74. The van der Waals surface area contributed by atoms with Crippen LogP contribution in [0.15, 0.2) is 0 Å². The Labute approximate surface area is 84.0 Å². The van der Waals surface area contributed by atoms with Crippen LogP contribution < -0.4 is 5.32 Å². The van der Waals surface area contributed by atoms with Crippen LogP contribution in [-0.4, -0.2) is 38.4 Å². The fourth-order valence-electron chi connectivity index (χ4n) is 2.18. The third-order valence-corrected chi connectivity index (χ3v) is 3.06. The maximum atomic E-state index is 11.0. The Hall–Kier alpha value is -0.610. The smallest absolute Gasteiger partial charge is 0.332 e. The van der Waals surface area contributed by atoms with E-state index < -0.39 is 0 Å². The summed E-state index contributed by atoms with van der Waals surface area (Å²) in [5, 5.41) is 3.26. The van der Waals surface area contributed by atoms with Crippen LogP contribution in [0.5, 0.6) is 0 Å². The molecule has 0 amide bonds. The summed E-state index contributed by atoms with van der Waals surface area (Å²) in [7, 11) is 0. The lowest BCUT2D eigenvalue weighted by atomic mass is 9.63. The van der Waals surface area contributed by atoms with E-state index in [4.69, 9.17) is 9.47 Å². The van der Waals surface area contributed by atoms with Gasteiger partial charge in [-0.3, -0.25) is 0 Å². The summed E-state index contributed by atoms with van der Waals surface area (Å²) in [6.45, 7) is 4.58. The van der Waals surface area contributed by atoms with E-state index in [1.807, 2.05) is 0 Å². The summed E-state index contributed by atoms with van der Waals surface area (Å²) in [5.74, 6) is -0.250. The van der Waals surface area contributed by atoms with Crippen LogP contribution in [0.1, 0.15) is 19.8 Å². The van der Waals surface area contributed by atoms with Crippen molar-refractivity contribution < 1.29 is 14.3 Å². The minimum atomic E-state index is -0.250. The molecule has 1 heterocycles. The molecular formula is C10H17NO3. The third kappa shape index (κ3) is 1.91. The van der Waals surface area contributed by atoms with Crippen molar-refractivity contribution >= 4 is 5.97 Å². The van der Waals surface area contributed by atoms with Gasteiger partial charge in [-0.2, -0.15) is 0 Å². The number of hydrogen-bond acceptors (Lipinski definition) is 4. The van der Waals surface area contributed by atoms with Gasteiger partial charge in [-0.15, -0.1) is 0 Å². The molecule has 0 unspecified atom stereocenters. The average molecular weight is 199 g/mol. The quantitative estimate of drug-likeness (QED) is 0.662. The zero-order valence-electron chi connectivity index (χ0n) is 8.54. The maximum Gasteiger partial charge on any atom is 0.332 e. The molecule has 1 aliphatic carbocycles. The molecule has 1 saturated carbocycles. The van der Waals surface area contributed by atoms with Gasteiger partial charge < -0.3 is 14.8 Å². The van der Waals surface area contributed by atoms with Crippen LogP contribution >= 0.6 is 0 Å². The minimum Gasteiger partial charge on any atom is -0.464 e. The van der Waals surface area contributed by atoms with Gasteiger partial charge in [-0.1, -0.05) is 0 Å². The fraction of sp³-hybridized carbons (Fsp3) is 0.900. The number of rotatable bonds is 4. The monoisotopic (exact) mass is 199 g/mol. The van der Waals surface area contributed by atoms with E-state index in [-0.39, 0.29) is 18.7 Å². The fourth-order valence-corrected chi connectivity index (χ4v) is 2.18. The molecule has 0 aromatic heterocycles. The second kappa shape index (κ2) is 3.87. The highest BCUT2D eigenvalue weighted by Gasteiger charge is 2.48. The third-order valence-electron chi connectivity index (χ3n) is 3.06. The van der Waals surface area contributed by atoms with E-state index in [0.717, 1.165) is 25.9 Å². The summed E-state index contributed by atoms with van der Waals surface area (Å²) in [6, 6.07) is 0. The van der Waals surface area contributed by atoms with E-state index in [1.54, 1.807) is 6.92 Å². The lowest BCUT2D eigenvalue weighted by Gasteiger charge is -2.53. The molecule has 1 spiro atoms. The second-order valence-corrected chi connectivity index (χ2v) is 4.25. The first-order chi connectivity index (χ1) is 6.74. The first kappa shape index (κ1) is 9.93. The average Bonchev–Trinajstić information content (AvgIpc) is 1.99. The zero-order valence-corrected chi connectivity index (χ0v) is 8.54. The minimum absolute atomic E-state index is 0.113. The summed E-state index contributed by atoms with van der Waals surface area (Å²) < 4.78 is 10.2. The molecule has 80 valence electrons. The number of nitrogens with one attached hydrogen (secondary N) is 1. The van der Waals surface area contributed by atoms with Crippen LogP contribution in [0.25, 0.3) is 0 Å². The number of carbonyl (C=O) groups is 1. The molecule has 1 N–H and O–H groups in total. The van der Waals surface area contributed by atoms with Gasteiger partial charge in [0.1, 0.15) is 6.61 Å². The van der Waals surface area contributed by atoms with Gasteiger partial charge in [0, 0.05) is 18.5 Å². The normalized spacial score (nSPS) is 24.1. The molecule has 0 radical (unpaired) electrons. The number of carbonyl (C=O) groups excluding carboxylic acids is 1.